The van der Waals surface area contributed by atoms with Crippen LogP contribution >= 0.6 is 0 Å². The minimum absolute atomic E-state index is 0.0349. The van der Waals surface area contributed by atoms with Gasteiger partial charge in [-0.05, 0) is 32.1 Å². The third-order valence-electron chi connectivity index (χ3n) is 2.88. The van der Waals surface area contributed by atoms with Crippen molar-refractivity contribution in [3.63, 3.8) is 0 Å². The second-order valence-corrected chi connectivity index (χ2v) is 4.40. The first-order valence-corrected chi connectivity index (χ1v) is 6.47. The summed E-state index contributed by atoms with van der Waals surface area (Å²) in [6.45, 7) is 4.77. The van der Waals surface area contributed by atoms with Crippen molar-refractivity contribution in [2.75, 3.05) is 26.7 Å². The maximum atomic E-state index is 8.94. The van der Waals surface area contributed by atoms with Gasteiger partial charge in [-0.1, -0.05) is 13.0 Å². The van der Waals surface area contributed by atoms with Gasteiger partial charge >= 0.3 is 0 Å². The van der Waals surface area contributed by atoms with Crippen molar-refractivity contribution in [3.05, 3.63) is 30.1 Å². The van der Waals surface area contributed by atoms with Gasteiger partial charge in [-0.3, -0.25) is 4.98 Å². The van der Waals surface area contributed by atoms with E-state index in [1.807, 2.05) is 31.3 Å². The molecule has 0 aliphatic heterocycles. The first-order chi connectivity index (χ1) is 8.76. The molecule has 0 aliphatic rings. The summed E-state index contributed by atoms with van der Waals surface area (Å²) in [6, 6.07) is 8.24. The second-order valence-electron chi connectivity index (χ2n) is 4.40. The van der Waals surface area contributed by atoms with Crippen molar-refractivity contribution >= 4 is 0 Å². The number of nitrogens with one attached hydrogen (secondary N) is 1. The highest BCUT2D eigenvalue weighted by Crippen LogP contribution is 1.98. The second kappa shape index (κ2) is 8.62. The fourth-order valence-corrected chi connectivity index (χ4v) is 1.77. The zero-order chi connectivity index (χ0) is 13.2. The first kappa shape index (κ1) is 14.6. The van der Waals surface area contributed by atoms with Crippen LogP contribution in [0.25, 0.3) is 0 Å². The molecule has 0 spiro atoms. The van der Waals surface area contributed by atoms with Gasteiger partial charge in [0.25, 0.3) is 0 Å². The Hall–Kier alpha value is -1.44. The topological polar surface area (TPSA) is 52.0 Å². The Morgan fingerprint density at radius 2 is 2.28 bits per heavy atom. The fourth-order valence-electron chi connectivity index (χ4n) is 1.77. The Balaban J connectivity index is 2.21. The zero-order valence-electron chi connectivity index (χ0n) is 11.3. The predicted octanol–water partition coefficient (Wildman–Crippen LogP) is 1.45. The molecule has 1 rings (SSSR count). The molecule has 0 aliphatic carbocycles. The lowest BCUT2D eigenvalue weighted by Gasteiger charge is -2.18. The zero-order valence-corrected chi connectivity index (χ0v) is 11.3. The first-order valence-electron chi connectivity index (χ1n) is 6.47. The molecule has 4 heteroatoms. The molecule has 18 heavy (non-hydrogen) atoms. The Morgan fingerprint density at radius 1 is 1.44 bits per heavy atom. The molecule has 4 nitrogen and oxygen atoms in total. The Labute approximate surface area is 110 Å². The van der Waals surface area contributed by atoms with Crippen LogP contribution in [-0.2, 0) is 6.42 Å². The summed E-state index contributed by atoms with van der Waals surface area (Å²) >= 11 is 0. The molecule has 1 N–H and O–H groups in total. The van der Waals surface area contributed by atoms with Gasteiger partial charge in [-0.2, -0.15) is 5.26 Å². The molecular weight excluding hydrogens is 224 g/mol. The van der Waals surface area contributed by atoms with Crippen molar-refractivity contribution in [1.82, 2.24) is 15.2 Å². The molecule has 1 atom stereocenters. The molecule has 0 amide bonds. The van der Waals surface area contributed by atoms with E-state index in [1.54, 1.807) is 0 Å². The van der Waals surface area contributed by atoms with Crippen LogP contribution in [0, 0.1) is 11.3 Å². The van der Waals surface area contributed by atoms with E-state index in [4.69, 9.17) is 5.26 Å². The number of rotatable bonds is 8. The number of likely N-dealkylation sites (N-methyl/N-ethyl adjacent to an activating group) is 1. The van der Waals surface area contributed by atoms with Crippen LogP contribution in [0.1, 0.15) is 19.0 Å². The van der Waals surface area contributed by atoms with Gasteiger partial charge in [0.1, 0.15) is 0 Å². The van der Waals surface area contributed by atoms with Crippen molar-refractivity contribution in [2.24, 2.45) is 0 Å². The highest BCUT2D eigenvalue weighted by Gasteiger charge is 2.07. The number of pyridine rings is 1. The molecule has 0 aromatic carbocycles. The summed E-state index contributed by atoms with van der Waals surface area (Å²) in [4.78, 5) is 6.55. The van der Waals surface area contributed by atoms with E-state index in [0.717, 1.165) is 38.2 Å². The van der Waals surface area contributed by atoms with E-state index in [1.165, 1.54) is 0 Å². The lowest BCUT2D eigenvalue weighted by atomic mass is 10.2. The molecule has 0 bridgehead atoms. The van der Waals surface area contributed by atoms with Gasteiger partial charge in [0.05, 0.1) is 12.1 Å². The molecule has 0 radical (unpaired) electrons. The van der Waals surface area contributed by atoms with E-state index in [0.29, 0.717) is 0 Å². The summed E-state index contributed by atoms with van der Waals surface area (Å²) in [7, 11) is 2.09. The molecule has 0 saturated carbocycles. The number of aromatic nitrogens is 1. The third-order valence-corrected chi connectivity index (χ3v) is 2.88. The van der Waals surface area contributed by atoms with Crippen molar-refractivity contribution in [1.29, 1.82) is 5.26 Å². The molecule has 1 unspecified atom stereocenters. The third kappa shape index (κ3) is 5.76. The van der Waals surface area contributed by atoms with Gasteiger partial charge in [0.15, 0.2) is 0 Å². The molecule has 1 heterocycles. The molecule has 0 saturated heterocycles. The van der Waals surface area contributed by atoms with Gasteiger partial charge < -0.3 is 10.2 Å². The smallest absolute Gasteiger partial charge is 0.0965 e. The van der Waals surface area contributed by atoms with Crippen LogP contribution in [0.15, 0.2) is 24.4 Å². The van der Waals surface area contributed by atoms with E-state index in [-0.39, 0.29) is 6.04 Å². The number of nitriles is 1. The average molecular weight is 246 g/mol. The van der Waals surface area contributed by atoms with E-state index < -0.39 is 0 Å². The normalized spacial score (nSPS) is 12.3. The molecule has 0 fully saturated rings. The van der Waals surface area contributed by atoms with Crippen LogP contribution < -0.4 is 5.32 Å². The molecule has 98 valence electrons. The van der Waals surface area contributed by atoms with Crippen LogP contribution in [0.5, 0.6) is 0 Å². The van der Waals surface area contributed by atoms with Crippen LogP contribution in [0.2, 0.25) is 0 Å². The van der Waals surface area contributed by atoms with E-state index in [2.05, 4.69) is 28.3 Å². The highest BCUT2D eigenvalue weighted by molar-refractivity contribution is 5.03. The van der Waals surface area contributed by atoms with Crippen LogP contribution in [0.4, 0.5) is 0 Å². The highest BCUT2D eigenvalue weighted by atomic mass is 15.1. The maximum Gasteiger partial charge on any atom is 0.0965 e. The maximum absolute atomic E-state index is 8.94. The largest absolute Gasteiger partial charge is 0.306 e. The summed E-state index contributed by atoms with van der Waals surface area (Å²) in [6.07, 6.45) is 3.64. The standard InChI is InChI=1S/C14H22N4/c1-3-16-14(12-15)8-11-18(2)10-7-13-6-4-5-9-17-13/h4-6,9,14,16H,3,7-8,10-11H2,1-2H3. The van der Waals surface area contributed by atoms with Crippen LogP contribution in [-0.4, -0.2) is 42.6 Å². The Kier molecular flexibility index (Phi) is 7.00. The van der Waals surface area contributed by atoms with Gasteiger partial charge in [0, 0.05) is 31.4 Å². The summed E-state index contributed by atoms with van der Waals surface area (Å²) in [5, 5.41) is 12.1. The number of hydrogen-bond donors (Lipinski definition) is 1. The minimum Gasteiger partial charge on any atom is -0.306 e. The van der Waals surface area contributed by atoms with Crippen LogP contribution in [0.3, 0.4) is 0 Å². The van der Waals surface area contributed by atoms with Gasteiger partial charge in [0.2, 0.25) is 0 Å². The van der Waals surface area contributed by atoms with Gasteiger partial charge in [-0.25, -0.2) is 0 Å². The Morgan fingerprint density at radius 3 is 2.89 bits per heavy atom. The molecular formula is C14H22N4. The predicted molar refractivity (Wildman–Crippen MR) is 73.1 cm³/mol. The fraction of sp³-hybridized carbons (Fsp3) is 0.571. The summed E-state index contributed by atoms with van der Waals surface area (Å²) < 4.78 is 0. The number of nitrogens with zero attached hydrogens (tertiary/aromatic N) is 3. The van der Waals surface area contributed by atoms with Gasteiger partial charge in [-0.15, -0.1) is 0 Å². The van der Waals surface area contributed by atoms with Crippen molar-refractivity contribution < 1.29 is 0 Å². The summed E-state index contributed by atoms with van der Waals surface area (Å²) in [5.41, 5.74) is 1.12. The number of hydrogen-bond acceptors (Lipinski definition) is 4. The van der Waals surface area contributed by atoms with E-state index in [9.17, 15) is 0 Å². The summed E-state index contributed by atoms with van der Waals surface area (Å²) in [5.74, 6) is 0. The Bertz CT molecular complexity index is 358. The van der Waals surface area contributed by atoms with E-state index >= 15 is 0 Å². The lowest BCUT2D eigenvalue weighted by Crippen LogP contribution is -2.32. The quantitative estimate of drug-likeness (QED) is 0.754. The SMILES string of the molecule is CCNC(C#N)CCN(C)CCc1ccccn1. The average Bonchev–Trinajstić information content (AvgIpc) is 2.42. The van der Waals surface area contributed by atoms with Crippen molar-refractivity contribution in [2.45, 2.75) is 25.8 Å². The molecule has 1 aromatic rings. The lowest BCUT2D eigenvalue weighted by molar-refractivity contribution is 0.321. The monoisotopic (exact) mass is 246 g/mol. The minimum atomic E-state index is -0.0349. The molecule has 1 aromatic heterocycles. The van der Waals surface area contributed by atoms with Crippen molar-refractivity contribution in [3.8, 4) is 6.07 Å².